The molecule has 2 rings (SSSR count). The number of hydrogen-bond acceptors (Lipinski definition) is 4. The highest BCUT2D eigenvalue weighted by Gasteiger charge is 2.23. The zero-order chi connectivity index (χ0) is 12.6. The van der Waals surface area contributed by atoms with Gasteiger partial charge in [-0.2, -0.15) is 0 Å². The average molecular weight is 279 g/mol. The Morgan fingerprint density at radius 3 is 2.47 bits per heavy atom. The van der Waals surface area contributed by atoms with Crippen LogP contribution in [0.5, 0.6) is 0 Å². The van der Waals surface area contributed by atoms with E-state index in [0.717, 1.165) is 0 Å². The van der Waals surface area contributed by atoms with Gasteiger partial charge in [0.25, 0.3) is 0 Å². The van der Waals surface area contributed by atoms with Gasteiger partial charge in [-0.1, -0.05) is 11.6 Å². The molecule has 4 nitrogen and oxygen atoms in total. The minimum Gasteiger partial charge on any atom is -0.397 e. The third-order valence-corrected chi connectivity index (χ3v) is 4.65. The molecule has 0 aliphatic carbocycles. The fourth-order valence-corrected chi connectivity index (χ4v) is 3.15. The topological polar surface area (TPSA) is 63.4 Å². The molecule has 0 atom stereocenters. The first kappa shape index (κ1) is 12.4. The summed E-state index contributed by atoms with van der Waals surface area (Å²) in [6.45, 7) is 0.654. The Hall–Kier alpha value is -1.01. The molecule has 0 aromatic heterocycles. The van der Waals surface area contributed by atoms with Crippen LogP contribution in [-0.2, 0) is 9.84 Å². The molecule has 0 spiro atoms. The molecule has 1 aromatic rings. The maximum Gasteiger partial charge on any atom is 0.153 e. The molecule has 1 aliphatic rings. The zero-order valence-electron chi connectivity index (χ0n) is 8.99. The fourth-order valence-electron chi connectivity index (χ4n) is 1.78. The normalized spacial score (nSPS) is 19.3. The van der Waals surface area contributed by atoms with Gasteiger partial charge in [0.2, 0.25) is 0 Å². The summed E-state index contributed by atoms with van der Waals surface area (Å²) in [6.07, 6.45) is 0. The lowest BCUT2D eigenvalue weighted by Gasteiger charge is -2.29. The van der Waals surface area contributed by atoms with Crippen molar-refractivity contribution < 1.29 is 12.8 Å². The standard InChI is InChI=1S/C10H12ClFN2O2S/c11-7-5-9(13)10(6-8(7)12)14-1-3-17(15,16)4-2-14/h5-6H,1-4,13H2. The summed E-state index contributed by atoms with van der Waals surface area (Å²) in [6, 6.07) is 2.59. The molecule has 0 unspecified atom stereocenters. The average Bonchev–Trinajstić information content (AvgIpc) is 2.24. The molecule has 7 heteroatoms. The van der Waals surface area contributed by atoms with Gasteiger partial charge in [0, 0.05) is 19.2 Å². The van der Waals surface area contributed by atoms with E-state index in [4.69, 9.17) is 17.3 Å². The molecule has 0 radical (unpaired) electrons. The van der Waals surface area contributed by atoms with Crippen LogP contribution in [0.25, 0.3) is 0 Å². The van der Waals surface area contributed by atoms with Crippen LogP contribution in [0.3, 0.4) is 0 Å². The van der Waals surface area contributed by atoms with Crippen molar-refractivity contribution in [1.82, 2.24) is 0 Å². The van der Waals surface area contributed by atoms with Crippen LogP contribution >= 0.6 is 11.6 Å². The molecule has 2 N–H and O–H groups in total. The number of rotatable bonds is 1. The molecule has 1 aromatic carbocycles. The number of nitrogens with two attached hydrogens (primary N) is 1. The Labute approximate surface area is 104 Å². The molecule has 94 valence electrons. The lowest BCUT2D eigenvalue weighted by molar-refractivity contribution is 0.586. The third-order valence-electron chi connectivity index (χ3n) is 2.75. The molecule has 0 saturated carbocycles. The molecule has 1 aliphatic heterocycles. The molecule has 0 bridgehead atoms. The number of sulfone groups is 1. The van der Waals surface area contributed by atoms with Gasteiger partial charge in [-0.15, -0.1) is 0 Å². The van der Waals surface area contributed by atoms with E-state index in [9.17, 15) is 12.8 Å². The van der Waals surface area contributed by atoms with Gasteiger partial charge in [-0.25, -0.2) is 12.8 Å². The van der Waals surface area contributed by atoms with Crippen molar-refractivity contribution in [3.05, 3.63) is 23.0 Å². The maximum atomic E-state index is 13.3. The van der Waals surface area contributed by atoms with Crippen LogP contribution in [0.2, 0.25) is 5.02 Å². The Morgan fingerprint density at radius 2 is 1.88 bits per heavy atom. The van der Waals surface area contributed by atoms with Crippen molar-refractivity contribution in [3.63, 3.8) is 0 Å². The highest BCUT2D eigenvalue weighted by atomic mass is 35.5. The number of nitrogens with zero attached hydrogens (tertiary/aromatic N) is 1. The van der Waals surface area contributed by atoms with Crippen LogP contribution in [0, 0.1) is 5.82 Å². The van der Waals surface area contributed by atoms with E-state index in [1.807, 2.05) is 0 Å². The number of anilines is 2. The van der Waals surface area contributed by atoms with Gasteiger partial charge in [0.1, 0.15) is 5.82 Å². The Bertz CT molecular complexity index is 533. The van der Waals surface area contributed by atoms with Gasteiger partial charge < -0.3 is 10.6 Å². The minimum absolute atomic E-state index is 0.0316. The van der Waals surface area contributed by atoms with Crippen LogP contribution in [-0.4, -0.2) is 33.0 Å². The fraction of sp³-hybridized carbons (Fsp3) is 0.400. The number of benzene rings is 1. The maximum absolute atomic E-state index is 13.3. The van der Waals surface area contributed by atoms with Crippen molar-refractivity contribution in [2.75, 3.05) is 35.2 Å². The van der Waals surface area contributed by atoms with E-state index in [-0.39, 0.29) is 16.5 Å². The number of halogens is 2. The van der Waals surface area contributed by atoms with Crippen LogP contribution in [0.15, 0.2) is 12.1 Å². The van der Waals surface area contributed by atoms with E-state index in [0.29, 0.717) is 24.5 Å². The Kier molecular flexibility index (Phi) is 3.18. The van der Waals surface area contributed by atoms with Crippen molar-refractivity contribution in [2.45, 2.75) is 0 Å². The first-order chi connectivity index (χ1) is 7.89. The molecule has 1 heterocycles. The summed E-state index contributed by atoms with van der Waals surface area (Å²) in [4.78, 5) is 1.76. The van der Waals surface area contributed by atoms with Crippen molar-refractivity contribution in [3.8, 4) is 0 Å². The lowest BCUT2D eigenvalue weighted by Crippen LogP contribution is -2.40. The molecular formula is C10H12ClFN2O2S. The Balaban J connectivity index is 2.27. The zero-order valence-corrected chi connectivity index (χ0v) is 10.6. The highest BCUT2D eigenvalue weighted by molar-refractivity contribution is 7.91. The minimum atomic E-state index is -2.96. The van der Waals surface area contributed by atoms with E-state index in [2.05, 4.69) is 0 Å². The van der Waals surface area contributed by atoms with Crippen LogP contribution in [0.4, 0.5) is 15.8 Å². The van der Waals surface area contributed by atoms with Gasteiger partial charge in [-0.05, 0) is 6.07 Å². The molecule has 17 heavy (non-hydrogen) atoms. The molecule has 1 saturated heterocycles. The van der Waals surface area contributed by atoms with E-state index in [1.165, 1.54) is 12.1 Å². The second kappa shape index (κ2) is 4.34. The summed E-state index contributed by atoms with van der Waals surface area (Å²) in [5.74, 6) is -0.419. The number of nitrogen functional groups attached to an aromatic ring is 1. The van der Waals surface area contributed by atoms with Gasteiger partial charge in [0.15, 0.2) is 9.84 Å². The van der Waals surface area contributed by atoms with E-state index in [1.54, 1.807) is 4.90 Å². The largest absolute Gasteiger partial charge is 0.397 e. The van der Waals surface area contributed by atoms with Crippen LogP contribution < -0.4 is 10.6 Å². The summed E-state index contributed by atoms with van der Waals surface area (Å²) < 4.78 is 35.9. The van der Waals surface area contributed by atoms with E-state index < -0.39 is 15.7 Å². The summed E-state index contributed by atoms with van der Waals surface area (Å²) in [5, 5.41) is -0.0316. The molecular weight excluding hydrogens is 267 g/mol. The van der Waals surface area contributed by atoms with Gasteiger partial charge in [0.05, 0.1) is 27.9 Å². The van der Waals surface area contributed by atoms with Gasteiger partial charge >= 0.3 is 0 Å². The lowest BCUT2D eigenvalue weighted by atomic mass is 10.2. The van der Waals surface area contributed by atoms with Gasteiger partial charge in [-0.3, -0.25) is 0 Å². The SMILES string of the molecule is Nc1cc(Cl)c(F)cc1N1CCS(=O)(=O)CC1. The molecule has 1 fully saturated rings. The summed E-state index contributed by atoms with van der Waals surface area (Å²) in [5.41, 5.74) is 6.61. The van der Waals surface area contributed by atoms with Crippen molar-refractivity contribution in [1.29, 1.82) is 0 Å². The highest BCUT2D eigenvalue weighted by Crippen LogP contribution is 2.30. The summed E-state index contributed by atoms with van der Waals surface area (Å²) in [7, 11) is -2.96. The molecule has 0 amide bonds. The first-order valence-corrected chi connectivity index (χ1v) is 7.29. The predicted molar refractivity (Wildman–Crippen MR) is 66.7 cm³/mol. The van der Waals surface area contributed by atoms with Crippen molar-refractivity contribution >= 4 is 32.8 Å². The first-order valence-electron chi connectivity index (χ1n) is 5.09. The Morgan fingerprint density at radius 1 is 1.29 bits per heavy atom. The van der Waals surface area contributed by atoms with E-state index >= 15 is 0 Å². The van der Waals surface area contributed by atoms with Crippen molar-refractivity contribution in [2.24, 2.45) is 0 Å². The monoisotopic (exact) mass is 278 g/mol. The third kappa shape index (κ3) is 2.63. The smallest absolute Gasteiger partial charge is 0.153 e. The predicted octanol–water partition coefficient (Wildman–Crippen LogP) is 1.30. The second-order valence-electron chi connectivity index (χ2n) is 3.96. The van der Waals surface area contributed by atoms with Crippen LogP contribution in [0.1, 0.15) is 0 Å². The second-order valence-corrected chi connectivity index (χ2v) is 6.67. The number of hydrogen-bond donors (Lipinski definition) is 1. The summed E-state index contributed by atoms with van der Waals surface area (Å²) >= 11 is 5.60. The quantitative estimate of drug-likeness (QED) is 0.787.